The van der Waals surface area contributed by atoms with Crippen molar-refractivity contribution in [2.75, 3.05) is 0 Å². The van der Waals surface area contributed by atoms with Crippen LogP contribution in [0.3, 0.4) is 0 Å². The zero-order valence-electron chi connectivity index (χ0n) is 11.5. The van der Waals surface area contributed by atoms with E-state index in [9.17, 15) is 9.59 Å². The lowest BCUT2D eigenvalue weighted by Crippen LogP contribution is -2.45. The van der Waals surface area contributed by atoms with Crippen LogP contribution in [0.5, 0.6) is 0 Å². The quantitative estimate of drug-likeness (QED) is 0.779. The average molecular weight is 296 g/mol. The number of rotatable bonds is 5. The van der Waals surface area contributed by atoms with Gasteiger partial charge in [0.05, 0.1) is 5.92 Å². The van der Waals surface area contributed by atoms with E-state index >= 15 is 0 Å². The minimum atomic E-state index is -0.763. The summed E-state index contributed by atoms with van der Waals surface area (Å²) < 4.78 is 0. The molecule has 20 heavy (non-hydrogen) atoms. The molecule has 2 amide bonds. The van der Waals surface area contributed by atoms with Crippen molar-refractivity contribution in [3.05, 3.63) is 22.4 Å². The van der Waals surface area contributed by atoms with Crippen molar-refractivity contribution in [3.8, 4) is 0 Å². The molecule has 5 nitrogen and oxygen atoms in total. The van der Waals surface area contributed by atoms with Crippen LogP contribution in [0.15, 0.2) is 16.8 Å². The lowest BCUT2D eigenvalue weighted by molar-refractivity contribution is -0.141. The SMILES string of the molecule is CC(Cc1ccsc1)NC(=O)NC1CCC(C(=O)O)C1. The van der Waals surface area contributed by atoms with Gasteiger partial charge < -0.3 is 15.7 Å². The van der Waals surface area contributed by atoms with Gasteiger partial charge in [0.1, 0.15) is 0 Å². The van der Waals surface area contributed by atoms with E-state index in [1.54, 1.807) is 11.3 Å². The van der Waals surface area contributed by atoms with Gasteiger partial charge in [-0.2, -0.15) is 11.3 Å². The number of aliphatic carboxylic acids is 1. The van der Waals surface area contributed by atoms with Crippen LogP contribution >= 0.6 is 11.3 Å². The van der Waals surface area contributed by atoms with E-state index in [-0.39, 0.29) is 24.0 Å². The zero-order valence-corrected chi connectivity index (χ0v) is 12.3. The van der Waals surface area contributed by atoms with Crippen molar-refractivity contribution in [3.63, 3.8) is 0 Å². The molecule has 0 aliphatic heterocycles. The summed E-state index contributed by atoms with van der Waals surface area (Å²) in [7, 11) is 0. The van der Waals surface area contributed by atoms with Gasteiger partial charge in [-0.3, -0.25) is 4.79 Å². The number of urea groups is 1. The maximum absolute atomic E-state index is 11.8. The largest absolute Gasteiger partial charge is 0.481 e. The molecule has 3 N–H and O–H groups in total. The van der Waals surface area contributed by atoms with Crippen LogP contribution in [0.25, 0.3) is 0 Å². The Hall–Kier alpha value is -1.56. The van der Waals surface area contributed by atoms with E-state index in [0.29, 0.717) is 12.8 Å². The first-order valence-corrected chi connectivity index (χ1v) is 7.79. The van der Waals surface area contributed by atoms with E-state index in [2.05, 4.69) is 22.1 Å². The number of carboxylic acids is 1. The van der Waals surface area contributed by atoms with Gasteiger partial charge in [0, 0.05) is 12.1 Å². The molecular formula is C14H20N2O3S. The van der Waals surface area contributed by atoms with E-state index < -0.39 is 5.97 Å². The van der Waals surface area contributed by atoms with Crippen molar-refractivity contribution in [1.82, 2.24) is 10.6 Å². The molecule has 0 saturated heterocycles. The van der Waals surface area contributed by atoms with E-state index in [0.717, 1.165) is 12.8 Å². The van der Waals surface area contributed by atoms with Crippen LogP contribution in [-0.2, 0) is 11.2 Å². The number of hydrogen-bond acceptors (Lipinski definition) is 3. The number of nitrogens with one attached hydrogen (secondary N) is 2. The topological polar surface area (TPSA) is 78.4 Å². The molecule has 2 rings (SSSR count). The van der Waals surface area contributed by atoms with Gasteiger partial charge in [-0.05, 0) is 55.0 Å². The van der Waals surface area contributed by atoms with Gasteiger partial charge in [-0.25, -0.2) is 4.79 Å². The number of carboxylic acid groups (broad SMARTS) is 1. The van der Waals surface area contributed by atoms with E-state index in [1.165, 1.54) is 5.56 Å². The Balaban J connectivity index is 1.71. The number of hydrogen-bond donors (Lipinski definition) is 3. The van der Waals surface area contributed by atoms with Gasteiger partial charge >= 0.3 is 12.0 Å². The molecule has 3 unspecified atom stereocenters. The predicted octanol–water partition coefficient (Wildman–Crippen LogP) is 2.23. The highest BCUT2D eigenvalue weighted by Crippen LogP contribution is 2.25. The van der Waals surface area contributed by atoms with Gasteiger partial charge in [-0.1, -0.05) is 0 Å². The number of carbonyl (C=O) groups excluding carboxylic acids is 1. The Morgan fingerprint density at radius 1 is 1.50 bits per heavy atom. The smallest absolute Gasteiger partial charge is 0.315 e. The fourth-order valence-corrected chi connectivity index (χ4v) is 3.28. The molecule has 1 saturated carbocycles. The molecule has 0 radical (unpaired) electrons. The summed E-state index contributed by atoms with van der Waals surface area (Å²) in [4.78, 5) is 22.7. The minimum absolute atomic E-state index is 0.0237. The van der Waals surface area contributed by atoms with Crippen molar-refractivity contribution in [2.45, 2.75) is 44.7 Å². The maximum Gasteiger partial charge on any atom is 0.315 e. The first kappa shape index (κ1) is 14.8. The van der Waals surface area contributed by atoms with Crippen LogP contribution in [0, 0.1) is 5.92 Å². The molecule has 0 aromatic carbocycles. The molecule has 0 spiro atoms. The second-order valence-corrected chi connectivity index (χ2v) is 6.18. The van der Waals surface area contributed by atoms with Crippen molar-refractivity contribution < 1.29 is 14.7 Å². The van der Waals surface area contributed by atoms with Gasteiger partial charge in [0.15, 0.2) is 0 Å². The molecule has 1 aliphatic rings. The second kappa shape index (κ2) is 6.74. The standard InChI is InChI=1S/C14H20N2O3S/c1-9(6-10-4-5-20-8-10)15-14(19)16-12-3-2-11(7-12)13(17)18/h4-5,8-9,11-12H,2-3,6-7H2,1H3,(H,17,18)(H2,15,16,19). The Labute approximate surface area is 122 Å². The molecular weight excluding hydrogens is 276 g/mol. The van der Waals surface area contributed by atoms with Crippen LogP contribution in [0.2, 0.25) is 0 Å². The fraction of sp³-hybridized carbons (Fsp3) is 0.571. The van der Waals surface area contributed by atoms with Gasteiger partial charge in [0.25, 0.3) is 0 Å². The van der Waals surface area contributed by atoms with Crippen LogP contribution in [-0.4, -0.2) is 29.2 Å². The Bertz CT molecular complexity index is 461. The molecule has 6 heteroatoms. The summed E-state index contributed by atoms with van der Waals surface area (Å²) in [6.45, 7) is 1.96. The molecule has 3 atom stereocenters. The number of thiophene rings is 1. The molecule has 1 aromatic heterocycles. The summed E-state index contributed by atoms with van der Waals surface area (Å²) in [5, 5.41) is 18.8. The molecule has 1 aliphatic carbocycles. The Morgan fingerprint density at radius 3 is 2.90 bits per heavy atom. The number of amides is 2. The third-order valence-corrected chi connectivity index (χ3v) is 4.35. The summed E-state index contributed by atoms with van der Waals surface area (Å²) >= 11 is 1.65. The van der Waals surface area contributed by atoms with Crippen molar-refractivity contribution in [2.24, 2.45) is 5.92 Å². The Kier molecular flexibility index (Phi) is 5.00. The van der Waals surface area contributed by atoms with Crippen molar-refractivity contribution >= 4 is 23.3 Å². The van der Waals surface area contributed by atoms with Gasteiger partial charge in [0.2, 0.25) is 0 Å². The Morgan fingerprint density at radius 2 is 2.30 bits per heavy atom. The molecule has 0 bridgehead atoms. The lowest BCUT2D eigenvalue weighted by atomic mass is 10.1. The molecule has 110 valence electrons. The van der Waals surface area contributed by atoms with E-state index in [1.807, 2.05) is 12.3 Å². The zero-order chi connectivity index (χ0) is 14.5. The molecule has 1 aromatic rings. The monoisotopic (exact) mass is 296 g/mol. The van der Waals surface area contributed by atoms with Gasteiger partial charge in [-0.15, -0.1) is 0 Å². The highest BCUT2D eigenvalue weighted by Gasteiger charge is 2.30. The fourth-order valence-electron chi connectivity index (χ4n) is 2.60. The van der Waals surface area contributed by atoms with Crippen molar-refractivity contribution in [1.29, 1.82) is 0 Å². The summed E-state index contributed by atoms with van der Waals surface area (Å²) in [5.41, 5.74) is 1.22. The minimum Gasteiger partial charge on any atom is -0.481 e. The predicted molar refractivity (Wildman–Crippen MR) is 77.9 cm³/mol. The molecule has 1 heterocycles. The summed E-state index contributed by atoms with van der Waals surface area (Å²) in [6.07, 6.45) is 2.72. The van der Waals surface area contributed by atoms with Crippen LogP contribution in [0.1, 0.15) is 31.7 Å². The normalized spacial score (nSPS) is 23.2. The number of carbonyl (C=O) groups is 2. The highest BCUT2D eigenvalue weighted by molar-refractivity contribution is 7.07. The second-order valence-electron chi connectivity index (χ2n) is 5.40. The first-order chi connectivity index (χ1) is 9.54. The lowest BCUT2D eigenvalue weighted by Gasteiger charge is -2.17. The maximum atomic E-state index is 11.8. The van der Waals surface area contributed by atoms with E-state index in [4.69, 9.17) is 5.11 Å². The highest BCUT2D eigenvalue weighted by atomic mass is 32.1. The summed E-state index contributed by atoms with van der Waals surface area (Å²) in [6, 6.07) is 1.88. The summed E-state index contributed by atoms with van der Waals surface area (Å²) in [5.74, 6) is -1.08. The third kappa shape index (κ3) is 4.23. The van der Waals surface area contributed by atoms with Crippen LogP contribution < -0.4 is 10.6 Å². The van der Waals surface area contributed by atoms with Crippen LogP contribution in [0.4, 0.5) is 4.79 Å². The first-order valence-electron chi connectivity index (χ1n) is 6.85. The third-order valence-electron chi connectivity index (χ3n) is 3.62. The average Bonchev–Trinajstić information content (AvgIpc) is 2.99. The molecule has 1 fully saturated rings.